The molecular weight excluding hydrogens is 412 g/mol. The first kappa shape index (κ1) is 21.0. The first-order valence-corrected chi connectivity index (χ1v) is 11.3. The molecule has 1 aromatic heterocycles. The number of amides is 2. The molecule has 0 unspecified atom stereocenters. The molecule has 31 heavy (non-hydrogen) atoms. The number of fused-ring (bicyclic) bond motifs is 1. The molecule has 0 saturated carbocycles. The standard InChI is InChI=1S/C23H24N4O3S/c1-2-30-20-11-7-6-10-17(20)23(29)25-22-18-14-31-15-19(18)26-27(22)13-21(28)24-12-16-8-4-3-5-9-16/h3-11H,2,12-15H2,1H3,(H,24,28)(H,25,29). The van der Waals surface area contributed by atoms with Crippen LogP contribution in [0, 0.1) is 0 Å². The van der Waals surface area contributed by atoms with Crippen molar-refractivity contribution in [3.8, 4) is 5.75 Å². The van der Waals surface area contributed by atoms with Crippen LogP contribution in [-0.2, 0) is 29.4 Å². The Balaban J connectivity index is 1.50. The van der Waals surface area contributed by atoms with Gasteiger partial charge in [-0.1, -0.05) is 42.5 Å². The number of para-hydroxylation sites is 1. The third-order valence-electron chi connectivity index (χ3n) is 4.91. The molecule has 3 aromatic rings. The van der Waals surface area contributed by atoms with Crippen LogP contribution >= 0.6 is 11.8 Å². The molecule has 0 fully saturated rings. The van der Waals surface area contributed by atoms with Crippen LogP contribution in [0.4, 0.5) is 5.82 Å². The lowest BCUT2D eigenvalue weighted by Crippen LogP contribution is -2.29. The van der Waals surface area contributed by atoms with Gasteiger partial charge < -0.3 is 15.4 Å². The lowest BCUT2D eigenvalue weighted by atomic mass is 10.2. The van der Waals surface area contributed by atoms with E-state index in [1.165, 1.54) is 0 Å². The molecule has 1 aliphatic rings. The van der Waals surface area contributed by atoms with Crippen LogP contribution in [0.15, 0.2) is 54.6 Å². The maximum Gasteiger partial charge on any atom is 0.260 e. The highest BCUT2D eigenvalue weighted by Crippen LogP contribution is 2.35. The zero-order valence-corrected chi connectivity index (χ0v) is 18.1. The minimum atomic E-state index is -0.283. The predicted molar refractivity (Wildman–Crippen MR) is 121 cm³/mol. The number of ether oxygens (including phenoxy) is 1. The highest BCUT2D eigenvalue weighted by molar-refractivity contribution is 7.98. The number of carbonyl (C=O) groups is 2. The van der Waals surface area contributed by atoms with Crippen LogP contribution in [0.5, 0.6) is 5.75 Å². The SMILES string of the molecule is CCOc1ccccc1C(=O)Nc1c2c(nn1CC(=O)NCc1ccccc1)CSC2. The number of hydrogen-bond acceptors (Lipinski definition) is 5. The second kappa shape index (κ2) is 9.70. The molecule has 0 aliphatic carbocycles. The Morgan fingerprint density at radius 2 is 1.87 bits per heavy atom. The van der Waals surface area contributed by atoms with Gasteiger partial charge in [-0.3, -0.25) is 9.59 Å². The minimum Gasteiger partial charge on any atom is -0.493 e. The zero-order chi connectivity index (χ0) is 21.6. The molecular formula is C23H24N4O3S. The summed E-state index contributed by atoms with van der Waals surface area (Å²) >= 11 is 1.74. The van der Waals surface area contributed by atoms with E-state index >= 15 is 0 Å². The zero-order valence-electron chi connectivity index (χ0n) is 17.3. The lowest BCUT2D eigenvalue weighted by Gasteiger charge is -2.13. The van der Waals surface area contributed by atoms with Crippen molar-refractivity contribution < 1.29 is 14.3 Å². The molecule has 0 radical (unpaired) electrons. The number of rotatable bonds is 8. The Hall–Kier alpha value is -3.26. The van der Waals surface area contributed by atoms with E-state index in [1.54, 1.807) is 34.6 Å². The normalized spacial score (nSPS) is 12.3. The molecule has 0 atom stereocenters. The summed E-state index contributed by atoms with van der Waals surface area (Å²) in [5.74, 6) is 2.18. The van der Waals surface area contributed by atoms with E-state index < -0.39 is 0 Å². The molecule has 2 aromatic carbocycles. The van der Waals surface area contributed by atoms with Crippen molar-refractivity contribution in [2.24, 2.45) is 0 Å². The second-order valence-corrected chi connectivity index (χ2v) is 8.06. The summed E-state index contributed by atoms with van der Waals surface area (Å²) in [5, 5.41) is 10.5. The van der Waals surface area contributed by atoms with Crippen LogP contribution in [0.1, 0.15) is 34.1 Å². The first-order chi connectivity index (χ1) is 15.2. The third-order valence-corrected chi connectivity index (χ3v) is 5.88. The molecule has 2 N–H and O–H groups in total. The summed E-state index contributed by atoms with van der Waals surface area (Å²) in [6.45, 7) is 2.82. The molecule has 160 valence electrons. The quantitative estimate of drug-likeness (QED) is 0.564. The van der Waals surface area contributed by atoms with E-state index in [1.807, 2.05) is 43.3 Å². The summed E-state index contributed by atoms with van der Waals surface area (Å²) in [7, 11) is 0. The van der Waals surface area contributed by atoms with Crippen LogP contribution in [-0.4, -0.2) is 28.2 Å². The summed E-state index contributed by atoms with van der Waals surface area (Å²) in [4.78, 5) is 25.6. The Labute approximate surface area is 185 Å². The summed E-state index contributed by atoms with van der Waals surface area (Å²) in [6.07, 6.45) is 0. The van der Waals surface area contributed by atoms with Crippen molar-refractivity contribution in [1.29, 1.82) is 0 Å². The van der Waals surface area contributed by atoms with Gasteiger partial charge in [-0.2, -0.15) is 16.9 Å². The van der Waals surface area contributed by atoms with Crippen LogP contribution in [0.25, 0.3) is 0 Å². The predicted octanol–water partition coefficient (Wildman–Crippen LogP) is 3.60. The van der Waals surface area contributed by atoms with Crippen molar-refractivity contribution in [1.82, 2.24) is 15.1 Å². The van der Waals surface area contributed by atoms with Gasteiger partial charge in [-0.05, 0) is 24.6 Å². The van der Waals surface area contributed by atoms with Gasteiger partial charge in [-0.15, -0.1) is 0 Å². The number of benzene rings is 2. The van der Waals surface area contributed by atoms with E-state index in [0.717, 1.165) is 28.3 Å². The fourth-order valence-electron chi connectivity index (χ4n) is 3.42. The second-order valence-electron chi connectivity index (χ2n) is 7.07. The van der Waals surface area contributed by atoms with Gasteiger partial charge in [0.15, 0.2) is 0 Å². The highest BCUT2D eigenvalue weighted by Gasteiger charge is 2.26. The van der Waals surface area contributed by atoms with E-state index in [9.17, 15) is 9.59 Å². The van der Waals surface area contributed by atoms with Gasteiger partial charge in [0.05, 0.1) is 17.9 Å². The third kappa shape index (κ3) is 4.91. The fourth-order valence-corrected chi connectivity index (χ4v) is 4.45. The highest BCUT2D eigenvalue weighted by atomic mass is 32.2. The smallest absolute Gasteiger partial charge is 0.260 e. The number of hydrogen-bond donors (Lipinski definition) is 2. The van der Waals surface area contributed by atoms with Gasteiger partial charge >= 0.3 is 0 Å². The first-order valence-electron chi connectivity index (χ1n) is 10.2. The molecule has 2 amide bonds. The maximum atomic E-state index is 13.0. The van der Waals surface area contributed by atoms with E-state index in [0.29, 0.717) is 30.3 Å². The van der Waals surface area contributed by atoms with Gasteiger partial charge in [0.25, 0.3) is 5.91 Å². The minimum absolute atomic E-state index is 0.0349. The van der Waals surface area contributed by atoms with Crippen molar-refractivity contribution in [2.45, 2.75) is 31.5 Å². The molecule has 0 bridgehead atoms. The monoisotopic (exact) mass is 436 g/mol. The van der Waals surface area contributed by atoms with Gasteiger partial charge in [0.1, 0.15) is 18.1 Å². The van der Waals surface area contributed by atoms with Crippen molar-refractivity contribution in [2.75, 3.05) is 11.9 Å². The number of anilines is 1. The largest absolute Gasteiger partial charge is 0.493 e. The topological polar surface area (TPSA) is 85.2 Å². The number of nitrogens with zero attached hydrogens (tertiary/aromatic N) is 2. The summed E-state index contributed by atoms with van der Waals surface area (Å²) < 4.78 is 7.18. The Kier molecular flexibility index (Phi) is 6.57. The van der Waals surface area contributed by atoms with Crippen molar-refractivity contribution in [3.05, 3.63) is 77.0 Å². The average Bonchev–Trinajstić information content (AvgIpc) is 3.36. The van der Waals surface area contributed by atoms with E-state index in [4.69, 9.17) is 4.74 Å². The molecule has 4 rings (SSSR count). The van der Waals surface area contributed by atoms with E-state index in [-0.39, 0.29) is 18.4 Å². The molecule has 8 heteroatoms. The van der Waals surface area contributed by atoms with Crippen LogP contribution in [0.2, 0.25) is 0 Å². The molecule has 1 aliphatic heterocycles. The summed E-state index contributed by atoms with van der Waals surface area (Å²) in [5.41, 5.74) is 3.36. The van der Waals surface area contributed by atoms with Gasteiger partial charge in [0, 0.05) is 23.6 Å². The fraction of sp³-hybridized carbons (Fsp3) is 0.261. The maximum absolute atomic E-state index is 13.0. The summed E-state index contributed by atoms with van der Waals surface area (Å²) in [6, 6.07) is 16.9. The lowest BCUT2D eigenvalue weighted by molar-refractivity contribution is -0.122. The number of thioether (sulfide) groups is 1. The van der Waals surface area contributed by atoms with Gasteiger partial charge in [-0.25, -0.2) is 4.68 Å². The van der Waals surface area contributed by atoms with Crippen LogP contribution in [0.3, 0.4) is 0 Å². The number of aromatic nitrogens is 2. The van der Waals surface area contributed by atoms with Gasteiger partial charge in [0.2, 0.25) is 5.91 Å². The van der Waals surface area contributed by atoms with E-state index in [2.05, 4.69) is 15.7 Å². The molecule has 7 nitrogen and oxygen atoms in total. The van der Waals surface area contributed by atoms with Crippen molar-refractivity contribution >= 4 is 29.4 Å². The molecule has 0 spiro atoms. The van der Waals surface area contributed by atoms with Crippen molar-refractivity contribution in [3.63, 3.8) is 0 Å². The molecule has 0 saturated heterocycles. The van der Waals surface area contributed by atoms with Crippen LogP contribution < -0.4 is 15.4 Å². The Morgan fingerprint density at radius 1 is 1.10 bits per heavy atom. The molecule has 2 heterocycles. The Bertz CT molecular complexity index is 1080. The Morgan fingerprint density at radius 3 is 2.68 bits per heavy atom. The number of carbonyl (C=O) groups excluding carboxylic acids is 2. The average molecular weight is 437 g/mol. The number of nitrogens with one attached hydrogen (secondary N) is 2.